The molecule has 0 aromatic heterocycles. The first kappa shape index (κ1) is 14.4. The number of piperidine rings is 1. The van der Waals surface area contributed by atoms with Crippen LogP contribution in [0.2, 0.25) is 0 Å². The molecule has 100 valence electrons. The van der Waals surface area contributed by atoms with Gasteiger partial charge < -0.3 is 15.3 Å². The average molecular weight is 252 g/mol. The van der Waals surface area contributed by atoms with Crippen molar-refractivity contribution in [1.82, 2.24) is 10.2 Å². The van der Waals surface area contributed by atoms with Crippen LogP contribution in [0.1, 0.15) is 40.0 Å². The van der Waals surface area contributed by atoms with E-state index in [0.717, 1.165) is 12.8 Å². The highest BCUT2D eigenvalue weighted by Gasteiger charge is 2.44. The molecule has 1 rings (SSSR count). The third kappa shape index (κ3) is 2.76. The van der Waals surface area contributed by atoms with E-state index in [1.807, 2.05) is 0 Å². The molecule has 1 unspecified atom stereocenters. The lowest BCUT2D eigenvalue weighted by Gasteiger charge is -2.42. The lowest BCUT2D eigenvalue weighted by atomic mass is 9.88. The van der Waals surface area contributed by atoms with E-state index >= 15 is 0 Å². The van der Waals surface area contributed by atoms with Gasteiger partial charge in [-0.3, -0.25) is 0 Å². The highest BCUT2D eigenvalue weighted by molar-refractivity contribution is 5.86. The number of rotatable bonds is 2. The monoisotopic (exact) mass is 252 g/mol. The van der Waals surface area contributed by atoms with Crippen LogP contribution in [0.25, 0.3) is 0 Å². The minimum absolute atomic E-state index is 0.414. The number of hydrogen-bond acceptors (Lipinski definition) is 2. The van der Waals surface area contributed by atoms with E-state index in [-0.39, 0.29) is 0 Å². The van der Waals surface area contributed by atoms with Crippen LogP contribution in [-0.2, 0) is 4.79 Å². The van der Waals surface area contributed by atoms with Crippen molar-refractivity contribution < 1.29 is 14.7 Å². The summed E-state index contributed by atoms with van der Waals surface area (Å²) < 4.78 is 0. The van der Waals surface area contributed by atoms with Gasteiger partial charge in [-0.1, -0.05) is 5.92 Å². The van der Waals surface area contributed by atoms with Crippen LogP contribution in [0.3, 0.4) is 0 Å². The number of carbonyl (C=O) groups is 2. The molecule has 5 heteroatoms. The first-order chi connectivity index (χ1) is 8.23. The molecule has 0 bridgehead atoms. The zero-order valence-corrected chi connectivity index (χ0v) is 11.1. The van der Waals surface area contributed by atoms with Gasteiger partial charge in [0.15, 0.2) is 0 Å². The van der Waals surface area contributed by atoms with Gasteiger partial charge in [-0.15, -0.1) is 6.42 Å². The first-order valence-electron chi connectivity index (χ1n) is 6.04. The zero-order chi connectivity index (χ0) is 14.0. The summed E-state index contributed by atoms with van der Waals surface area (Å²) in [6, 6.07) is -0.414. The van der Waals surface area contributed by atoms with E-state index in [4.69, 9.17) is 6.42 Å². The fourth-order valence-electron chi connectivity index (χ4n) is 2.04. The van der Waals surface area contributed by atoms with Gasteiger partial charge in [-0.05, 0) is 40.0 Å². The number of carboxylic acids is 1. The van der Waals surface area contributed by atoms with Crippen LogP contribution in [-0.4, -0.2) is 39.6 Å². The molecule has 1 saturated heterocycles. The number of nitrogens with zero attached hydrogens (tertiary/aromatic N) is 1. The van der Waals surface area contributed by atoms with Crippen molar-refractivity contribution in [3.05, 3.63) is 0 Å². The Kier molecular flexibility index (Phi) is 3.90. The van der Waals surface area contributed by atoms with E-state index < -0.39 is 23.1 Å². The van der Waals surface area contributed by atoms with Gasteiger partial charge in [0.25, 0.3) is 0 Å². The van der Waals surface area contributed by atoms with Gasteiger partial charge in [-0.2, -0.15) is 0 Å². The van der Waals surface area contributed by atoms with Gasteiger partial charge in [0.2, 0.25) is 0 Å². The predicted molar refractivity (Wildman–Crippen MR) is 68.0 cm³/mol. The standard InChI is InChI=1S/C13H20N2O3/c1-5-12(2,3)14-11(18)15-9-7-6-8-13(15,4)10(16)17/h1H,6-9H2,2-4H3,(H,14,18)(H,16,17). The van der Waals surface area contributed by atoms with Crippen molar-refractivity contribution in [3.8, 4) is 12.3 Å². The molecule has 1 heterocycles. The first-order valence-corrected chi connectivity index (χ1v) is 6.04. The fraction of sp³-hybridized carbons (Fsp3) is 0.692. The van der Waals surface area contributed by atoms with E-state index in [9.17, 15) is 14.7 Å². The normalized spacial score (nSPS) is 24.2. The third-order valence-corrected chi connectivity index (χ3v) is 3.38. The maximum absolute atomic E-state index is 12.1. The van der Waals surface area contributed by atoms with Gasteiger partial charge >= 0.3 is 12.0 Å². The lowest BCUT2D eigenvalue weighted by molar-refractivity contribution is -0.150. The summed E-state index contributed by atoms with van der Waals surface area (Å²) >= 11 is 0. The topological polar surface area (TPSA) is 69.6 Å². The number of hydrogen-bond donors (Lipinski definition) is 2. The number of urea groups is 1. The molecule has 2 N–H and O–H groups in total. The summed E-state index contributed by atoms with van der Waals surface area (Å²) in [6.07, 6.45) is 7.40. The molecule has 5 nitrogen and oxygen atoms in total. The minimum atomic E-state index is -1.15. The summed E-state index contributed by atoms with van der Waals surface area (Å²) in [5.41, 5.74) is -1.93. The molecule has 1 aliphatic rings. The Bertz CT molecular complexity index is 398. The zero-order valence-electron chi connectivity index (χ0n) is 11.1. The number of amides is 2. The molecule has 1 fully saturated rings. The molecule has 0 aliphatic carbocycles. The molecule has 1 aliphatic heterocycles. The molecule has 2 amide bonds. The second-order valence-corrected chi connectivity index (χ2v) is 5.39. The molecule has 0 radical (unpaired) electrons. The van der Waals surface area contributed by atoms with Gasteiger partial charge in [0.05, 0.1) is 5.54 Å². The summed E-state index contributed by atoms with van der Waals surface area (Å²) in [6.45, 7) is 5.42. The number of likely N-dealkylation sites (tertiary alicyclic amines) is 1. The van der Waals surface area contributed by atoms with Gasteiger partial charge in [0, 0.05) is 6.54 Å². The SMILES string of the molecule is C#CC(C)(C)NC(=O)N1CCCCC1(C)C(=O)O. The highest BCUT2D eigenvalue weighted by Crippen LogP contribution is 2.28. The molecule has 1 atom stereocenters. The summed E-state index contributed by atoms with van der Waals surface area (Å²) in [4.78, 5) is 24.9. The molecule has 0 spiro atoms. The minimum Gasteiger partial charge on any atom is -0.480 e. The molecule has 18 heavy (non-hydrogen) atoms. The van der Waals surface area contributed by atoms with Crippen LogP contribution in [0.4, 0.5) is 4.79 Å². The molecular formula is C13H20N2O3. The smallest absolute Gasteiger partial charge is 0.329 e. The fourth-order valence-corrected chi connectivity index (χ4v) is 2.04. The number of terminal acetylenes is 1. The van der Waals surface area contributed by atoms with E-state index in [1.165, 1.54) is 4.90 Å². The summed E-state index contributed by atoms with van der Waals surface area (Å²) in [7, 11) is 0. The highest BCUT2D eigenvalue weighted by atomic mass is 16.4. The number of nitrogens with one attached hydrogen (secondary N) is 1. The van der Waals surface area contributed by atoms with Gasteiger partial charge in [0.1, 0.15) is 5.54 Å². The Morgan fingerprint density at radius 3 is 2.56 bits per heavy atom. The maximum atomic E-state index is 12.1. The van der Waals surface area contributed by atoms with Crippen molar-refractivity contribution in [2.24, 2.45) is 0 Å². The number of aliphatic carboxylic acids is 1. The molecule has 0 aromatic rings. The van der Waals surface area contributed by atoms with Crippen molar-refractivity contribution in [2.75, 3.05) is 6.54 Å². The quantitative estimate of drug-likeness (QED) is 0.731. The number of carboxylic acid groups (broad SMARTS) is 1. The predicted octanol–water partition coefficient (Wildman–Crippen LogP) is 1.44. The van der Waals surface area contributed by atoms with Gasteiger partial charge in [-0.25, -0.2) is 9.59 Å². The van der Waals surface area contributed by atoms with Crippen molar-refractivity contribution in [3.63, 3.8) is 0 Å². The maximum Gasteiger partial charge on any atom is 0.329 e. The second kappa shape index (κ2) is 4.89. The Morgan fingerprint density at radius 2 is 2.06 bits per heavy atom. The van der Waals surface area contributed by atoms with E-state index in [0.29, 0.717) is 13.0 Å². The van der Waals surface area contributed by atoms with E-state index in [2.05, 4.69) is 11.2 Å². The van der Waals surface area contributed by atoms with Crippen LogP contribution in [0, 0.1) is 12.3 Å². The average Bonchev–Trinajstić information content (AvgIpc) is 2.28. The molecule has 0 aromatic carbocycles. The summed E-state index contributed by atoms with van der Waals surface area (Å²) in [5.74, 6) is 1.49. The second-order valence-electron chi connectivity index (χ2n) is 5.39. The molecule has 0 saturated carbocycles. The van der Waals surface area contributed by atoms with E-state index in [1.54, 1.807) is 20.8 Å². The van der Waals surface area contributed by atoms with Crippen LogP contribution >= 0.6 is 0 Å². The Morgan fingerprint density at radius 1 is 1.44 bits per heavy atom. The summed E-state index contributed by atoms with van der Waals surface area (Å²) in [5, 5.41) is 12.0. The van der Waals surface area contributed by atoms with Crippen molar-refractivity contribution in [2.45, 2.75) is 51.1 Å². The molecular weight excluding hydrogens is 232 g/mol. The Hall–Kier alpha value is -1.70. The van der Waals surface area contributed by atoms with Crippen molar-refractivity contribution >= 4 is 12.0 Å². The Labute approximate surface area is 108 Å². The van der Waals surface area contributed by atoms with Crippen LogP contribution in [0.5, 0.6) is 0 Å². The van der Waals surface area contributed by atoms with Crippen LogP contribution in [0.15, 0.2) is 0 Å². The Balaban J connectivity index is 2.89. The lowest BCUT2D eigenvalue weighted by Crippen LogP contribution is -2.62. The largest absolute Gasteiger partial charge is 0.480 e. The van der Waals surface area contributed by atoms with Crippen LogP contribution < -0.4 is 5.32 Å². The number of carbonyl (C=O) groups excluding carboxylic acids is 1. The third-order valence-electron chi connectivity index (χ3n) is 3.38. The van der Waals surface area contributed by atoms with Crippen molar-refractivity contribution in [1.29, 1.82) is 0 Å².